The number of nitrogens with one attached hydrogen (secondary N) is 1. The van der Waals surface area contributed by atoms with Gasteiger partial charge in [0.05, 0.1) is 6.04 Å². The van der Waals surface area contributed by atoms with E-state index in [0.29, 0.717) is 0 Å². The zero-order valence-corrected chi connectivity index (χ0v) is 13.2. The van der Waals surface area contributed by atoms with Gasteiger partial charge in [0.15, 0.2) is 0 Å². The second-order valence-corrected chi connectivity index (χ2v) is 5.89. The summed E-state index contributed by atoms with van der Waals surface area (Å²) in [6.45, 7) is 7.16. The minimum Gasteiger partial charge on any atom is -0.306 e. The Balaban J connectivity index is 2.45. The maximum absolute atomic E-state index is 4.56. The monoisotopic (exact) mass is 324 g/mol. The van der Waals surface area contributed by atoms with E-state index < -0.39 is 0 Å². The maximum atomic E-state index is 4.56. The van der Waals surface area contributed by atoms with Crippen LogP contribution in [0.1, 0.15) is 35.5 Å². The summed E-state index contributed by atoms with van der Waals surface area (Å²) in [7, 11) is 0. The van der Waals surface area contributed by atoms with Crippen molar-refractivity contribution in [2.24, 2.45) is 0 Å². The van der Waals surface area contributed by atoms with Crippen molar-refractivity contribution in [3.05, 3.63) is 49.9 Å². The number of halogens is 1. The average molecular weight is 325 g/mol. The minimum atomic E-state index is 0.212. The third-order valence-electron chi connectivity index (χ3n) is 2.94. The van der Waals surface area contributed by atoms with Gasteiger partial charge in [-0.3, -0.25) is 4.98 Å². The predicted molar refractivity (Wildman–Crippen MR) is 81.2 cm³/mol. The molecule has 1 unspecified atom stereocenters. The Labute approximate surface area is 121 Å². The number of aryl methyl sites for hydroxylation is 2. The SMILES string of the molecule is CCNC(c1cscc1Br)c1ccc(C)nc1C. The molecule has 1 N–H and O–H groups in total. The van der Waals surface area contributed by atoms with Crippen molar-refractivity contribution in [1.29, 1.82) is 0 Å². The van der Waals surface area contributed by atoms with Crippen LogP contribution in [0.5, 0.6) is 0 Å². The second-order valence-electron chi connectivity index (χ2n) is 4.29. The van der Waals surface area contributed by atoms with Crippen molar-refractivity contribution in [3.8, 4) is 0 Å². The van der Waals surface area contributed by atoms with Gasteiger partial charge in [-0.15, -0.1) is 0 Å². The van der Waals surface area contributed by atoms with Gasteiger partial charge in [0.2, 0.25) is 0 Å². The smallest absolute Gasteiger partial charge is 0.0614 e. The van der Waals surface area contributed by atoms with E-state index in [2.05, 4.69) is 63.0 Å². The summed E-state index contributed by atoms with van der Waals surface area (Å²) in [5, 5.41) is 7.85. The highest BCUT2D eigenvalue weighted by molar-refractivity contribution is 9.10. The Morgan fingerprint density at radius 3 is 2.61 bits per heavy atom. The molecule has 0 radical (unpaired) electrons. The molecule has 2 nitrogen and oxygen atoms in total. The Kier molecular flexibility index (Phi) is 4.54. The van der Waals surface area contributed by atoms with Crippen LogP contribution in [0, 0.1) is 13.8 Å². The number of thiophene rings is 1. The normalized spacial score (nSPS) is 12.7. The molecule has 96 valence electrons. The fraction of sp³-hybridized carbons (Fsp3) is 0.357. The van der Waals surface area contributed by atoms with E-state index in [0.717, 1.165) is 17.9 Å². The molecule has 1 atom stereocenters. The topological polar surface area (TPSA) is 24.9 Å². The molecule has 0 fully saturated rings. The number of hydrogen-bond donors (Lipinski definition) is 1. The summed E-state index contributed by atoms with van der Waals surface area (Å²) >= 11 is 5.34. The van der Waals surface area contributed by atoms with Crippen molar-refractivity contribution >= 4 is 27.3 Å². The summed E-state index contributed by atoms with van der Waals surface area (Å²) in [6.07, 6.45) is 0. The third-order valence-corrected chi connectivity index (χ3v) is 4.69. The predicted octanol–water partition coefficient (Wildman–Crippen LogP) is 4.22. The Hall–Kier alpha value is -0.710. The van der Waals surface area contributed by atoms with Crippen molar-refractivity contribution in [1.82, 2.24) is 10.3 Å². The molecule has 18 heavy (non-hydrogen) atoms. The number of rotatable bonds is 4. The van der Waals surface area contributed by atoms with Crippen molar-refractivity contribution in [2.45, 2.75) is 26.8 Å². The quantitative estimate of drug-likeness (QED) is 0.910. The zero-order chi connectivity index (χ0) is 13.1. The lowest BCUT2D eigenvalue weighted by atomic mass is 9.99. The van der Waals surface area contributed by atoms with Crippen LogP contribution < -0.4 is 5.32 Å². The summed E-state index contributed by atoms with van der Waals surface area (Å²) in [6, 6.07) is 4.46. The molecule has 2 heterocycles. The molecule has 0 bridgehead atoms. The molecule has 0 amide bonds. The molecule has 0 aliphatic heterocycles. The van der Waals surface area contributed by atoms with E-state index in [-0.39, 0.29) is 6.04 Å². The van der Waals surface area contributed by atoms with Crippen LogP contribution >= 0.6 is 27.3 Å². The molecule has 0 aliphatic rings. The van der Waals surface area contributed by atoms with Gasteiger partial charge in [-0.05, 0) is 58.9 Å². The van der Waals surface area contributed by atoms with Gasteiger partial charge in [0.25, 0.3) is 0 Å². The Bertz CT molecular complexity index is 536. The van der Waals surface area contributed by atoms with E-state index in [1.165, 1.54) is 15.6 Å². The molecule has 2 aromatic rings. The number of pyridine rings is 1. The van der Waals surface area contributed by atoms with E-state index in [1.807, 2.05) is 6.92 Å². The first-order valence-corrected chi connectivity index (χ1v) is 7.76. The van der Waals surface area contributed by atoms with E-state index in [4.69, 9.17) is 0 Å². The van der Waals surface area contributed by atoms with Crippen LogP contribution in [-0.2, 0) is 0 Å². The summed E-state index contributed by atoms with van der Waals surface area (Å²) in [4.78, 5) is 4.56. The van der Waals surface area contributed by atoms with Crippen LogP contribution in [0.3, 0.4) is 0 Å². The molecule has 0 spiro atoms. The molecule has 0 aliphatic carbocycles. The van der Waals surface area contributed by atoms with Gasteiger partial charge >= 0.3 is 0 Å². The lowest BCUT2D eigenvalue weighted by molar-refractivity contribution is 0.624. The van der Waals surface area contributed by atoms with Gasteiger partial charge in [-0.25, -0.2) is 0 Å². The zero-order valence-electron chi connectivity index (χ0n) is 10.8. The lowest BCUT2D eigenvalue weighted by Crippen LogP contribution is -2.23. The highest BCUT2D eigenvalue weighted by Gasteiger charge is 2.18. The highest BCUT2D eigenvalue weighted by atomic mass is 79.9. The molecule has 0 saturated heterocycles. The third kappa shape index (κ3) is 2.82. The maximum Gasteiger partial charge on any atom is 0.0614 e. The van der Waals surface area contributed by atoms with Crippen molar-refractivity contribution < 1.29 is 0 Å². The molecule has 2 rings (SSSR count). The van der Waals surface area contributed by atoms with Crippen LogP contribution in [0.15, 0.2) is 27.4 Å². The molecule has 0 aromatic carbocycles. The fourth-order valence-electron chi connectivity index (χ4n) is 2.09. The van der Waals surface area contributed by atoms with Gasteiger partial charge in [-0.1, -0.05) is 13.0 Å². The molecular formula is C14H17BrN2S. The first-order valence-electron chi connectivity index (χ1n) is 6.02. The van der Waals surface area contributed by atoms with Gasteiger partial charge < -0.3 is 5.32 Å². The van der Waals surface area contributed by atoms with Crippen LogP contribution in [0.4, 0.5) is 0 Å². The van der Waals surface area contributed by atoms with Crippen molar-refractivity contribution in [3.63, 3.8) is 0 Å². The molecule has 2 aromatic heterocycles. The first-order chi connectivity index (χ1) is 8.63. The van der Waals surface area contributed by atoms with Gasteiger partial charge in [0, 0.05) is 21.2 Å². The number of aromatic nitrogens is 1. The van der Waals surface area contributed by atoms with Crippen LogP contribution in [-0.4, -0.2) is 11.5 Å². The fourth-order valence-corrected chi connectivity index (χ4v) is 3.64. The minimum absolute atomic E-state index is 0.212. The molecule has 0 saturated carbocycles. The Morgan fingerprint density at radius 1 is 1.28 bits per heavy atom. The lowest BCUT2D eigenvalue weighted by Gasteiger charge is -2.20. The Morgan fingerprint density at radius 2 is 2.06 bits per heavy atom. The summed E-state index contributed by atoms with van der Waals surface area (Å²) < 4.78 is 1.17. The van der Waals surface area contributed by atoms with E-state index >= 15 is 0 Å². The molecule has 4 heteroatoms. The van der Waals surface area contributed by atoms with Gasteiger partial charge in [-0.2, -0.15) is 11.3 Å². The summed E-state index contributed by atoms with van der Waals surface area (Å²) in [5.74, 6) is 0. The highest BCUT2D eigenvalue weighted by Crippen LogP contribution is 2.32. The van der Waals surface area contributed by atoms with E-state index in [1.54, 1.807) is 11.3 Å². The number of hydrogen-bond acceptors (Lipinski definition) is 3. The number of nitrogens with zero attached hydrogens (tertiary/aromatic N) is 1. The van der Waals surface area contributed by atoms with E-state index in [9.17, 15) is 0 Å². The largest absolute Gasteiger partial charge is 0.306 e. The molecular weight excluding hydrogens is 308 g/mol. The standard InChI is InChI=1S/C14H17BrN2S/c1-4-16-14(12-7-18-8-13(12)15)11-6-5-9(2)17-10(11)3/h5-8,14,16H,4H2,1-3H3. The second kappa shape index (κ2) is 5.95. The van der Waals surface area contributed by atoms with Crippen LogP contribution in [0.25, 0.3) is 0 Å². The first kappa shape index (κ1) is 13.7. The average Bonchev–Trinajstić information content (AvgIpc) is 2.73. The summed E-state index contributed by atoms with van der Waals surface area (Å²) in [5.41, 5.74) is 4.70. The van der Waals surface area contributed by atoms with Crippen LogP contribution in [0.2, 0.25) is 0 Å². The van der Waals surface area contributed by atoms with Gasteiger partial charge in [0.1, 0.15) is 0 Å². The van der Waals surface area contributed by atoms with Crippen molar-refractivity contribution in [2.75, 3.05) is 6.54 Å².